The minimum atomic E-state index is -0.324. The van der Waals surface area contributed by atoms with Crippen LogP contribution in [0.15, 0.2) is 86.5 Å². The summed E-state index contributed by atoms with van der Waals surface area (Å²) in [5, 5.41) is 1.45. The fraction of sp³-hybridized carbons (Fsp3) is 0.0455. The van der Waals surface area contributed by atoms with Crippen molar-refractivity contribution in [1.29, 1.82) is 0 Å². The van der Waals surface area contributed by atoms with E-state index < -0.39 is 0 Å². The van der Waals surface area contributed by atoms with Crippen molar-refractivity contribution in [3.8, 4) is 22.5 Å². The van der Waals surface area contributed by atoms with Crippen LogP contribution in [0.1, 0.15) is 5.56 Å². The number of benzene rings is 3. The lowest BCUT2D eigenvalue weighted by atomic mass is 10.00. The van der Waals surface area contributed by atoms with E-state index in [1.807, 2.05) is 36.4 Å². The zero-order valence-electron chi connectivity index (χ0n) is 13.6. The topological polar surface area (TPSA) is 30.2 Å². The van der Waals surface area contributed by atoms with E-state index in [1.165, 1.54) is 5.56 Å². The molecule has 0 saturated heterocycles. The van der Waals surface area contributed by atoms with Gasteiger partial charge in [-0.25, -0.2) is 4.79 Å². The third-order valence-corrected chi connectivity index (χ3v) is 4.72. The number of rotatable bonds is 2. The van der Waals surface area contributed by atoms with Gasteiger partial charge in [0.05, 0.1) is 5.39 Å². The highest BCUT2D eigenvalue weighted by atomic mass is 79.9. The van der Waals surface area contributed by atoms with Crippen LogP contribution in [0.2, 0.25) is 0 Å². The maximum Gasteiger partial charge on any atom is 0.344 e. The van der Waals surface area contributed by atoms with Crippen LogP contribution < -0.4 is 5.63 Å². The van der Waals surface area contributed by atoms with Gasteiger partial charge in [0.1, 0.15) is 5.76 Å². The molecule has 0 amide bonds. The summed E-state index contributed by atoms with van der Waals surface area (Å²) in [5.41, 5.74) is 4.02. The molecule has 0 radical (unpaired) electrons. The molecule has 2 nitrogen and oxygen atoms in total. The fourth-order valence-corrected chi connectivity index (χ4v) is 3.34. The number of halogens is 1. The summed E-state index contributed by atoms with van der Waals surface area (Å²) in [7, 11) is 0. The van der Waals surface area contributed by atoms with Crippen LogP contribution >= 0.6 is 15.9 Å². The second kappa shape index (κ2) is 6.34. The Bertz CT molecular complexity index is 1140. The van der Waals surface area contributed by atoms with Gasteiger partial charge in [-0.1, -0.05) is 70.0 Å². The Balaban J connectivity index is 1.85. The largest absolute Gasteiger partial charge is 0.422 e. The van der Waals surface area contributed by atoms with Gasteiger partial charge in [0.2, 0.25) is 0 Å². The molecule has 3 heteroatoms. The molecule has 0 saturated carbocycles. The molecular weight excluding hydrogens is 376 g/mol. The number of hydrogen-bond donors (Lipinski definition) is 0. The highest BCUT2D eigenvalue weighted by Gasteiger charge is 2.08. The Morgan fingerprint density at radius 2 is 1.52 bits per heavy atom. The molecule has 25 heavy (non-hydrogen) atoms. The SMILES string of the molecule is Cc1cccc(-c2cccc(-c3cc4ccc(Br)cc4c(=O)o3)c2)c1. The minimum absolute atomic E-state index is 0.324. The molecule has 0 spiro atoms. The molecule has 0 aliphatic heterocycles. The van der Waals surface area contributed by atoms with Crippen molar-refractivity contribution in [3.63, 3.8) is 0 Å². The van der Waals surface area contributed by atoms with Crippen LogP contribution in [0.25, 0.3) is 33.2 Å². The summed E-state index contributed by atoms with van der Waals surface area (Å²) >= 11 is 3.39. The Labute approximate surface area is 153 Å². The molecule has 0 bridgehead atoms. The first kappa shape index (κ1) is 15.9. The van der Waals surface area contributed by atoms with E-state index in [0.717, 1.165) is 26.5 Å². The summed E-state index contributed by atoms with van der Waals surface area (Å²) in [5.74, 6) is 0.578. The normalized spacial score (nSPS) is 11.0. The molecule has 3 aromatic carbocycles. The molecule has 0 aliphatic rings. The maximum atomic E-state index is 12.3. The Hall–Kier alpha value is -2.65. The second-order valence-corrected chi connectivity index (χ2v) is 7.00. The summed E-state index contributed by atoms with van der Waals surface area (Å²) in [6.07, 6.45) is 0. The van der Waals surface area contributed by atoms with Crippen molar-refractivity contribution in [1.82, 2.24) is 0 Å². The summed E-state index contributed by atoms with van der Waals surface area (Å²) in [4.78, 5) is 12.3. The Kier molecular flexibility index (Phi) is 4.02. The van der Waals surface area contributed by atoms with Crippen LogP contribution in [0.4, 0.5) is 0 Å². The first-order chi connectivity index (χ1) is 12.1. The maximum absolute atomic E-state index is 12.3. The van der Waals surface area contributed by atoms with Gasteiger partial charge in [-0.05, 0) is 47.7 Å². The third kappa shape index (κ3) is 3.15. The standard InChI is InChI=1S/C22H15BrO2/c1-14-4-2-5-15(10-14)16-6-3-7-18(11-16)21-12-17-8-9-19(23)13-20(17)22(24)25-21/h2-13H,1H3. The lowest BCUT2D eigenvalue weighted by molar-refractivity contribution is 0.534. The molecular formula is C22H15BrO2. The molecule has 0 aliphatic carbocycles. The quantitative estimate of drug-likeness (QED) is 0.407. The van der Waals surface area contributed by atoms with Crippen LogP contribution in [0, 0.1) is 6.92 Å². The van der Waals surface area contributed by atoms with E-state index in [4.69, 9.17) is 4.42 Å². The van der Waals surface area contributed by atoms with Crippen LogP contribution in [-0.4, -0.2) is 0 Å². The van der Waals surface area contributed by atoms with E-state index in [1.54, 1.807) is 6.07 Å². The van der Waals surface area contributed by atoms with E-state index in [9.17, 15) is 4.79 Å². The highest BCUT2D eigenvalue weighted by molar-refractivity contribution is 9.10. The molecule has 0 atom stereocenters. The molecule has 122 valence electrons. The van der Waals surface area contributed by atoms with Crippen molar-refractivity contribution in [3.05, 3.63) is 93.3 Å². The van der Waals surface area contributed by atoms with E-state index in [0.29, 0.717) is 11.1 Å². The van der Waals surface area contributed by atoms with Gasteiger partial charge in [-0.3, -0.25) is 0 Å². The van der Waals surface area contributed by atoms with Crippen molar-refractivity contribution in [2.45, 2.75) is 6.92 Å². The zero-order chi connectivity index (χ0) is 17.4. The molecule has 0 unspecified atom stereocenters. The Morgan fingerprint density at radius 1 is 0.800 bits per heavy atom. The first-order valence-corrected chi connectivity index (χ1v) is 8.80. The Morgan fingerprint density at radius 3 is 2.32 bits per heavy atom. The molecule has 4 aromatic rings. The third-order valence-electron chi connectivity index (χ3n) is 4.22. The smallest absolute Gasteiger partial charge is 0.344 e. The number of aryl methyl sites for hydroxylation is 1. The molecule has 0 fully saturated rings. The van der Waals surface area contributed by atoms with Gasteiger partial charge in [0.25, 0.3) is 0 Å². The van der Waals surface area contributed by atoms with Gasteiger partial charge >= 0.3 is 5.63 Å². The monoisotopic (exact) mass is 390 g/mol. The van der Waals surface area contributed by atoms with Gasteiger partial charge in [-0.2, -0.15) is 0 Å². The molecule has 0 N–H and O–H groups in total. The van der Waals surface area contributed by atoms with Gasteiger partial charge in [0.15, 0.2) is 0 Å². The second-order valence-electron chi connectivity index (χ2n) is 6.08. The fourth-order valence-electron chi connectivity index (χ4n) is 2.98. The van der Waals surface area contributed by atoms with Crippen molar-refractivity contribution in [2.75, 3.05) is 0 Å². The van der Waals surface area contributed by atoms with Crippen molar-refractivity contribution in [2.24, 2.45) is 0 Å². The van der Waals surface area contributed by atoms with Gasteiger partial charge in [0, 0.05) is 10.0 Å². The molecule has 1 aromatic heterocycles. The predicted octanol–water partition coefficient (Wildman–Crippen LogP) is 6.20. The number of fused-ring (bicyclic) bond motifs is 1. The summed E-state index contributed by atoms with van der Waals surface area (Å²) in [6.45, 7) is 2.08. The van der Waals surface area contributed by atoms with E-state index >= 15 is 0 Å². The summed E-state index contributed by atoms with van der Waals surface area (Å²) in [6, 6.07) is 24.0. The molecule has 4 rings (SSSR count). The lowest BCUT2D eigenvalue weighted by Gasteiger charge is -2.07. The minimum Gasteiger partial charge on any atom is -0.422 e. The first-order valence-electron chi connectivity index (χ1n) is 8.01. The van der Waals surface area contributed by atoms with E-state index in [-0.39, 0.29) is 5.63 Å². The van der Waals surface area contributed by atoms with Crippen molar-refractivity contribution < 1.29 is 4.42 Å². The number of hydrogen-bond acceptors (Lipinski definition) is 2. The van der Waals surface area contributed by atoms with E-state index in [2.05, 4.69) is 53.2 Å². The zero-order valence-corrected chi connectivity index (χ0v) is 15.2. The average molecular weight is 391 g/mol. The summed E-state index contributed by atoms with van der Waals surface area (Å²) < 4.78 is 6.43. The lowest BCUT2D eigenvalue weighted by Crippen LogP contribution is -2.00. The van der Waals surface area contributed by atoms with Crippen LogP contribution in [0.3, 0.4) is 0 Å². The highest BCUT2D eigenvalue weighted by Crippen LogP contribution is 2.28. The van der Waals surface area contributed by atoms with Crippen molar-refractivity contribution >= 4 is 26.7 Å². The predicted molar refractivity (Wildman–Crippen MR) is 106 cm³/mol. The van der Waals surface area contributed by atoms with Gasteiger partial charge in [-0.15, -0.1) is 0 Å². The average Bonchev–Trinajstić information content (AvgIpc) is 2.62. The van der Waals surface area contributed by atoms with Crippen LogP contribution in [0.5, 0.6) is 0 Å². The molecule has 1 heterocycles. The van der Waals surface area contributed by atoms with Gasteiger partial charge < -0.3 is 4.42 Å². The van der Waals surface area contributed by atoms with Crippen LogP contribution in [-0.2, 0) is 0 Å².